The molecule has 0 bridgehead atoms. The first-order valence-corrected chi connectivity index (χ1v) is 9.17. The number of amides is 1. The lowest BCUT2D eigenvalue weighted by atomic mass is 10.1. The van der Waals surface area contributed by atoms with Gasteiger partial charge in [0, 0.05) is 44.0 Å². The van der Waals surface area contributed by atoms with Crippen molar-refractivity contribution in [3.63, 3.8) is 0 Å². The zero-order valence-electron chi connectivity index (χ0n) is 12.2. The molecule has 0 aromatic carbocycles. The molecule has 116 valence electrons. The van der Waals surface area contributed by atoms with Crippen molar-refractivity contribution in [3.05, 3.63) is 24.0 Å². The average Bonchev–Trinajstić information content (AvgIpc) is 3.10. The van der Waals surface area contributed by atoms with Gasteiger partial charge in [0.25, 0.3) is 0 Å². The van der Waals surface area contributed by atoms with Gasteiger partial charge in [0.1, 0.15) is 0 Å². The largest absolute Gasteiger partial charge is 0.365 e. The zero-order chi connectivity index (χ0) is 15.0. The Morgan fingerprint density at radius 1 is 1.43 bits per heavy atom. The van der Waals surface area contributed by atoms with E-state index in [1.165, 1.54) is 10.6 Å². The number of carbonyl (C=O) groups is 1. The molecular formula is C14H21N3O3S. The van der Waals surface area contributed by atoms with Crippen molar-refractivity contribution in [1.29, 1.82) is 0 Å². The second-order valence-electron chi connectivity index (χ2n) is 5.98. The molecule has 21 heavy (non-hydrogen) atoms. The van der Waals surface area contributed by atoms with E-state index < -0.39 is 10.0 Å². The number of aromatic amines is 1. The number of likely N-dealkylation sites (tertiary alicyclic amines) is 1. The van der Waals surface area contributed by atoms with Gasteiger partial charge in [-0.3, -0.25) is 4.79 Å². The fourth-order valence-electron chi connectivity index (χ4n) is 3.41. The van der Waals surface area contributed by atoms with Gasteiger partial charge in [0.05, 0.1) is 6.26 Å². The third-order valence-corrected chi connectivity index (χ3v) is 5.81. The van der Waals surface area contributed by atoms with Gasteiger partial charge in [-0.15, -0.1) is 0 Å². The van der Waals surface area contributed by atoms with Crippen LogP contribution in [-0.4, -0.2) is 60.4 Å². The lowest BCUT2D eigenvalue weighted by Gasteiger charge is -2.24. The Hall–Kier alpha value is -1.34. The predicted molar refractivity (Wildman–Crippen MR) is 79.1 cm³/mol. The maximum atomic E-state index is 12.4. The zero-order valence-corrected chi connectivity index (χ0v) is 13.0. The van der Waals surface area contributed by atoms with Gasteiger partial charge in [-0.2, -0.15) is 4.31 Å². The second-order valence-corrected chi connectivity index (χ2v) is 7.96. The molecule has 2 atom stereocenters. The average molecular weight is 311 g/mol. The van der Waals surface area contributed by atoms with E-state index >= 15 is 0 Å². The van der Waals surface area contributed by atoms with Gasteiger partial charge in [-0.1, -0.05) is 0 Å². The van der Waals surface area contributed by atoms with Crippen molar-refractivity contribution in [3.8, 4) is 0 Å². The molecule has 0 unspecified atom stereocenters. The molecule has 0 spiro atoms. The van der Waals surface area contributed by atoms with Gasteiger partial charge < -0.3 is 9.88 Å². The number of nitrogens with zero attached hydrogens (tertiary/aromatic N) is 2. The molecule has 1 amide bonds. The van der Waals surface area contributed by atoms with E-state index in [1.54, 1.807) is 0 Å². The molecule has 7 heteroatoms. The summed E-state index contributed by atoms with van der Waals surface area (Å²) in [6, 6.07) is 3.96. The Morgan fingerprint density at radius 3 is 2.90 bits per heavy atom. The molecule has 0 saturated carbocycles. The van der Waals surface area contributed by atoms with E-state index in [4.69, 9.17) is 0 Å². The second kappa shape index (κ2) is 5.46. The highest BCUT2D eigenvalue weighted by atomic mass is 32.2. The molecule has 6 nitrogen and oxygen atoms in total. The summed E-state index contributed by atoms with van der Waals surface area (Å²) in [4.78, 5) is 17.4. The normalized spacial score (nSPS) is 26.2. The minimum Gasteiger partial charge on any atom is -0.365 e. The monoisotopic (exact) mass is 311 g/mol. The molecule has 2 aliphatic heterocycles. The van der Waals surface area contributed by atoms with E-state index in [0.717, 1.165) is 18.7 Å². The molecule has 3 heterocycles. The minimum absolute atomic E-state index is 0.0656. The van der Waals surface area contributed by atoms with E-state index in [0.29, 0.717) is 31.8 Å². The number of H-pyrrole nitrogens is 1. The van der Waals surface area contributed by atoms with E-state index in [-0.39, 0.29) is 11.9 Å². The van der Waals surface area contributed by atoms with Crippen LogP contribution in [0.1, 0.15) is 18.5 Å². The third-order valence-electron chi connectivity index (χ3n) is 4.57. The van der Waals surface area contributed by atoms with Gasteiger partial charge in [0.15, 0.2) is 0 Å². The summed E-state index contributed by atoms with van der Waals surface area (Å²) in [6.45, 7) is 1.78. The van der Waals surface area contributed by atoms with Crippen molar-refractivity contribution in [2.45, 2.75) is 25.3 Å². The first kappa shape index (κ1) is 14.6. The summed E-state index contributed by atoms with van der Waals surface area (Å²) in [5.74, 6) is 0.432. The molecule has 1 N–H and O–H groups in total. The van der Waals surface area contributed by atoms with Gasteiger partial charge >= 0.3 is 0 Å². The van der Waals surface area contributed by atoms with Crippen LogP contribution >= 0.6 is 0 Å². The standard InChI is InChI=1S/C14H21N3O3S/c1-21(19,20)16-9-11-6-8-17(13(11)10-16)14(18)5-4-12-3-2-7-15-12/h2-3,7,11,13,15H,4-6,8-10H2,1H3/t11-,13+/m0/s1. The molecule has 2 saturated heterocycles. The number of hydrogen-bond donors (Lipinski definition) is 1. The Morgan fingerprint density at radius 2 is 2.24 bits per heavy atom. The Labute approximate surface area is 125 Å². The van der Waals surface area contributed by atoms with Crippen LogP contribution in [0.25, 0.3) is 0 Å². The fourth-order valence-corrected chi connectivity index (χ4v) is 4.30. The molecule has 2 fully saturated rings. The van der Waals surface area contributed by atoms with Crippen LogP contribution in [0.15, 0.2) is 18.3 Å². The number of aryl methyl sites for hydroxylation is 1. The van der Waals surface area contributed by atoms with Crippen molar-refractivity contribution in [2.75, 3.05) is 25.9 Å². The highest BCUT2D eigenvalue weighted by molar-refractivity contribution is 7.88. The SMILES string of the molecule is CS(=O)(=O)N1C[C@@H]2CCN(C(=O)CCc3ccc[nH]3)[C@@H]2C1. The van der Waals surface area contributed by atoms with Crippen LogP contribution in [0.3, 0.4) is 0 Å². The maximum absolute atomic E-state index is 12.4. The van der Waals surface area contributed by atoms with Crippen LogP contribution in [0.5, 0.6) is 0 Å². The number of hydrogen-bond acceptors (Lipinski definition) is 3. The molecule has 0 radical (unpaired) electrons. The van der Waals surface area contributed by atoms with Gasteiger partial charge in [0.2, 0.25) is 15.9 Å². The molecule has 1 aromatic rings. The van der Waals surface area contributed by atoms with Crippen LogP contribution in [0.4, 0.5) is 0 Å². The van der Waals surface area contributed by atoms with E-state index in [2.05, 4.69) is 4.98 Å². The topological polar surface area (TPSA) is 73.5 Å². The Kier molecular flexibility index (Phi) is 3.79. The predicted octanol–water partition coefficient (Wildman–Crippen LogP) is 0.440. The Bertz CT molecular complexity index is 611. The number of carbonyl (C=O) groups excluding carboxylic acids is 1. The molecule has 0 aliphatic carbocycles. The quantitative estimate of drug-likeness (QED) is 0.877. The number of aromatic nitrogens is 1. The maximum Gasteiger partial charge on any atom is 0.223 e. The number of sulfonamides is 1. The van der Waals surface area contributed by atoms with Crippen molar-refractivity contribution in [2.24, 2.45) is 5.92 Å². The first-order valence-electron chi connectivity index (χ1n) is 7.32. The lowest BCUT2D eigenvalue weighted by molar-refractivity contribution is -0.132. The van der Waals surface area contributed by atoms with Crippen LogP contribution < -0.4 is 0 Å². The Balaban J connectivity index is 1.60. The number of rotatable bonds is 4. The molecule has 1 aromatic heterocycles. The van der Waals surface area contributed by atoms with Gasteiger partial charge in [-0.05, 0) is 30.9 Å². The summed E-state index contributed by atoms with van der Waals surface area (Å²) in [5.41, 5.74) is 1.06. The third kappa shape index (κ3) is 2.98. The smallest absolute Gasteiger partial charge is 0.223 e. The van der Waals surface area contributed by atoms with Gasteiger partial charge in [-0.25, -0.2) is 8.42 Å². The van der Waals surface area contributed by atoms with Crippen LogP contribution in [0, 0.1) is 5.92 Å². The van der Waals surface area contributed by atoms with Crippen LogP contribution in [-0.2, 0) is 21.2 Å². The minimum atomic E-state index is -3.15. The van der Waals surface area contributed by atoms with Crippen LogP contribution in [0.2, 0.25) is 0 Å². The summed E-state index contributed by atoms with van der Waals surface area (Å²) >= 11 is 0. The van der Waals surface area contributed by atoms with E-state index in [9.17, 15) is 13.2 Å². The van der Waals surface area contributed by atoms with E-state index in [1.807, 2.05) is 23.2 Å². The number of fused-ring (bicyclic) bond motifs is 1. The highest BCUT2D eigenvalue weighted by Gasteiger charge is 2.45. The molecular weight excluding hydrogens is 290 g/mol. The molecule has 2 aliphatic rings. The summed E-state index contributed by atoms with van der Waals surface area (Å²) in [7, 11) is -3.15. The summed E-state index contributed by atoms with van der Waals surface area (Å²) in [5, 5.41) is 0. The summed E-state index contributed by atoms with van der Waals surface area (Å²) in [6.07, 6.45) is 5.18. The highest BCUT2D eigenvalue weighted by Crippen LogP contribution is 2.33. The lowest BCUT2D eigenvalue weighted by Crippen LogP contribution is -2.40. The summed E-state index contributed by atoms with van der Waals surface area (Å²) < 4.78 is 24.8. The van der Waals surface area contributed by atoms with Crippen molar-refractivity contribution >= 4 is 15.9 Å². The van der Waals surface area contributed by atoms with Crippen molar-refractivity contribution in [1.82, 2.24) is 14.2 Å². The van der Waals surface area contributed by atoms with Crippen molar-refractivity contribution < 1.29 is 13.2 Å². The first-order chi connectivity index (χ1) is 9.95. The number of nitrogens with one attached hydrogen (secondary N) is 1. The fraction of sp³-hybridized carbons (Fsp3) is 0.643. The molecule has 3 rings (SSSR count).